The van der Waals surface area contributed by atoms with E-state index in [1.807, 2.05) is 38.1 Å². The summed E-state index contributed by atoms with van der Waals surface area (Å²) in [4.78, 5) is 10.6. The molecule has 19 heavy (non-hydrogen) atoms. The van der Waals surface area contributed by atoms with Crippen LogP contribution in [-0.4, -0.2) is 31.8 Å². The van der Waals surface area contributed by atoms with Crippen LogP contribution in [0.2, 0.25) is 0 Å². The molecule has 0 aliphatic heterocycles. The van der Waals surface area contributed by atoms with Crippen LogP contribution in [0.5, 0.6) is 5.75 Å². The molecule has 5 nitrogen and oxygen atoms in total. The fourth-order valence-electron chi connectivity index (χ4n) is 1.44. The lowest BCUT2D eigenvalue weighted by Crippen LogP contribution is -2.36. The van der Waals surface area contributed by atoms with E-state index in [9.17, 15) is 4.79 Å². The van der Waals surface area contributed by atoms with Crippen molar-refractivity contribution in [2.45, 2.75) is 26.0 Å². The molecule has 0 bridgehead atoms. The van der Waals surface area contributed by atoms with Gasteiger partial charge >= 0.3 is 0 Å². The highest BCUT2D eigenvalue weighted by atomic mass is 16.5. The van der Waals surface area contributed by atoms with Crippen molar-refractivity contribution in [1.29, 1.82) is 0 Å². The van der Waals surface area contributed by atoms with Crippen LogP contribution < -0.4 is 15.8 Å². The zero-order chi connectivity index (χ0) is 14.3. The second-order valence-corrected chi connectivity index (χ2v) is 4.97. The number of nitrogens with one attached hydrogen (secondary N) is 1. The van der Waals surface area contributed by atoms with E-state index < -0.39 is 5.91 Å². The summed E-state index contributed by atoms with van der Waals surface area (Å²) in [5.74, 6) is 0.160. The predicted octanol–water partition coefficient (Wildman–Crippen LogP) is 1.07. The van der Waals surface area contributed by atoms with Crippen molar-refractivity contribution in [3.05, 3.63) is 29.8 Å². The average molecular weight is 266 g/mol. The van der Waals surface area contributed by atoms with Gasteiger partial charge in [-0.2, -0.15) is 0 Å². The number of benzene rings is 1. The van der Waals surface area contributed by atoms with Gasteiger partial charge in [-0.3, -0.25) is 4.79 Å². The first-order valence-electron chi connectivity index (χ1n) is 6.19. The molecular formula is C14H22N2O3. The number of carbonyl (C=O) groups is 1. The van der Waals surface area contributed by atoms with Gasteiger partial charge in [-0.05, 0) is 31.5 Å². The van der Waals surface area contributed by atoms with Gasteiger partial charge in [-0.25, -0.2) is 0 Å². The summed E-state index contributed by atoms with van der Waals surface area (Å²) in [6.45, 7) is 5.48. The maximum atomic E-state index is 10.6. The molecule has 3 N–H and O–H groups in total. The molecule has 106 valence electrons. The minimum atomic E-state index is -0.479. The van der Waals surface area contributed by atoms with Gasteiger partial charge in [0, 0.05) is 20.2 Å². The summed E-state index contributed by atoms with van der Waals surface area (Å²) >= 11 is 0. The first-order valence-corrected chi connectivity index (χ1v) is 6.19. The highest BCUT2D eigenvalue weighted by Gasteiger charge is 2.14. The van der Waals surface area contributed by atoms with Gasteiger partial charge in [0.15, 0.2) is 6.61 Å². The summed E-state index contributed by atoms with van der Waals surface area (Å²) in [6, 6.07) is 7.54. The van der Waals surface area contributed by atoms with Crippen LogP contribution in [0.25, 0.3) is 0 Å². The molecule has 0 saturated carbocycles. The monoisotopic (exact) mass is 266 g/mol. The molecule has 0 spiro atoms. The Kier molecular flexibility index (Phi) is 5.79. The third-order valence-corrected chi connectivity index (χ3v) is 2.74. The number of hydrogen-bond donors (Lipinski definition) is 2. The number of rotatable bonds is 8. The summed E-state index contributed by atoms with van der Waals surface area (Å²) in [6.07, 6.45) is 0. The van der Waals surface area contributed by atoms with E-state index >= 15 is 0 Å². The first kappa shape index (κ1) is 15.5. The van der Waals surface area contributed by atoms with Gasteiger partial charge in [0.25, 0.3) is 5.91 Å². The third kappa shape index (κ3) is 6.22. The zero-order valence-electron chi connectivity index (χ0n) is 11.7. The van der Waals surface area contributed by atoms with Gasteiger partial charge in [0.1, 0.15) is 5.75 Å². The smallest absolute Gasteiger partial charge is 0.255 e. The van der Waals surface area contributed by atoms with E-state index in [0.717, 1.165) is 18.7 Å². The van der Waals surface area contributed by atoms with Crippen LogP contribution in [0.4, 0.5) is 0 Å². The highest BCUT2D eigenvalue weighted by molar-refractivity contribution is 5.75. The molecule has 0 atom stereocenters. The number of carbonyl (C=O) groups excluding carboxylic acids is 1. The number of amides is 1. The molecule has 1 amide bonds. The Morgan fingerprint density at radius 1 is 1.32 bits per heavy atom. The van der Waals surface area contributed by atoms with E-state index in [2.05, 4.69) is 5.32 Å². The first-order chi connectivity index (χ1) is 8.93. The maximum absolute atomic E-state index is 10.6. The fraction of sp³-hybridized carbons (Fsp3) is 0.500. The van der Waals surface area contributed by atoms with Crippen LogP contribution in [0.1, 0.15) is 19.4 Å². The van der Waals surface area contributed by atoms with E-state index in [1.165, 1.54) is 0 Å². The summed E-state index contributed by atoms with van der Waals surface area (Å²) in [5.41, 5.74) is 5.97. The standard InChI is InChI=1S/C14H22N2O3/c1-14(2,18-3)10-16-8-11-4-6-12(7-5-11)19-9-13(15)17/h4-7,16H,8-10H2,1-3H3,(H2,15,17). The van der Waals surface area contributed by atoms with Gasteiger partial charge in [-0.1, -0.05) is 12.1 Å². The van der Waals surface area contributed by atoms with Crippen molar-refractivity contribution in [3.8, 4) is 5.75 Å². The predicted molar refractivity (Wildman–Crippen MR) is 73.9 cm³/mol. The van der Waals surface area contributed by atoms with E-state index in [1.54, 1.807) is 7.11 Å². The third-order valence-electron chi connectivity index (χ3n) is 2.74. The Bertz CT molecular complexity index is 402. The average Bonchev–Trinajstić information content (AvgIpc) is 2.37. The molecule has 0 aliphatic carbocycles. The van der Waals surface area contributed by atoms with E-state index in [0.29, 0.717) is 5.75 Å². The number of hydrogen-bond acceptors (Lipinski definition) is 4. The topological polar surface area (TPSA) is 73.6 Å². The van der Waals surface area contributed by atoms with E-state index in [4.69, 9.17) is 15.2 Å². The molecule has 1 aromatic carbocycles. The number of nitrogens with two attached hydrogens (primary N) is 1. The molecule has 1 rings (SSSR count). The van der Waals surface area contributed by atoms with Gasteiger partial charge in [-0.15, -0.1) is 0 Å². The van der Waals surface area contributed by atoms with Crippen LogP contribution in [-0.2, 0) is 16.1 Å². The van der Waals surface area contributed by atoms with E-state index in [-0.39, 0.29) is 12.2 Å². The fourth-order valence-corrected chi connectivity index (χ4v) is 1.44. The summed E-state index contributed by atoms with van der Waals surface area (Å²) < 4.78 is 10.5. The Hall–Kier alpha value is -1.59. The SMILES string of the molecule is COC(C)(C)CNCc1ccc(OCC(N)=O)cc1. The number of methoxy groups -OCH3 is 1. The normalized spacial score (nSPS) is 11.3. The van der Waals surface area contributed by atoms with Crippen LogP contribution in [0.3, 0.4) is 0 Å². The van der Waals surface area contributed by atoms with Crippen LogP contribution in [0.15, 0.2) is 24.3 Å². The Labute approximate surface area is 114 Å². The van der Waals surface area contributed by atoms with Crippen LogP contribution >= 0.6 is 0 Å². The molecule has 0 heterocycles. The van der Waals surface area contributed by atoms with Crippen molar-refractivity contribution in [2.24, 2.45) is 5.73 Å². The van der Waals surface area contributed by atoms with Gasteiger partial charge < -0.3 is 20.5 Å². The van der Waals surface area contributed by atoms with Crippen molar-refractivity contribution in [1.82, 2.24) is 5.32 Å². The summed E-state index contributed by atoms with van der Waals surface area (Å²) in [7, 11) is 1.70. The lowest BCUT2D eigenvalue weighted by atomic mass is 10.1. The Morgan fingerprint density at radius 3 is 2.47 bits per heavy atom. The quantitative estimate of drug-likeness (QED) is 0.738. The second-order valence-electron chi connectivity index (χ2n) is 4.97. The molecule has 5 heteroatoms. The molecule has 0 radical (unpaired) electrons. The van der Waals surface area contributed by atoms with Crippen molar-refractivity contribution in [3.63, 3.8) is 0 Å². The Morgan fingerprint density at radius 2 is 1.95 bits per heavy atom. The molecule has 1 aromatic rings. The number of ether oxygens (including phenoxy) is 2. The molecule has 0 unspecified atom stereocenters. The molecule has 0 saturated heterocycles. The highest BCUT2D eigenvalue weighted by Crippen LogP contribution is 2.12. The second kappa shape index (κ2) is 7.11. The Balaban J connectivity index is 2.38. The van der Waals surface area contributed by atoms with Crippen molar-refractivity contribution in [2.75, 3.05) is 20.3 Å². The zero-order valence-corrected chi connectivity index (χ0v) is 11.7. The molecule has 0 aliphatic rings. The molecule has 0 aromatic heterocycles. The van der Waals surface area contributed by atoms with Crippen LogP contribution in [0, 0.1) is 0 Å². The molecule has 0 fully saturated rings. The maximum Gasteiger partial charge on any atom is 0.255 e. The lowest BCUT2D eigenvalue weighted by molar-refractivity contribution is -0.119. The molecular weight excluding hydrogens is 244 g/mol. The van der Waals surface area contributed by atoms with Gasteiger partial charge in [0.2, 0.25) is 0 Å². The lowest BCUT2D eigenvalue weighted by Gasteiger charge is -2.23. The largest absolute Gasteiger partial charge is 0.484 e. The summed E-state index contributed by atoms with van der Waals surface area (Å²) in [5, 5.41) is 3.32. The minimum absolute atomic E-state index is 0.0976. The number of primary amides is 1. The van der Waals surface area contributed by atoms with Gasteiger partial charge in [0.05, 0.1) is 5.60 Å². The van der Waals surface area contributed by atoms with Crippen molar-refractivity contribution < 1.29 is 14.3 Å². The minimum Gasteiger partial charge on any atom is -0.484 e. The van der Waals surface area contributed by atoms with Crippen molar-refractivity contribution >= 4 is 5.91 Å².